The first-order valence-electron chi connectivity index (χ1n) is 9.58. The van der Waals surface area contributed by atoms with Gasteiger partial charge in [0.05, 0.1) is 7.11 Å². The number of fused-ring (bicyclic) bond motifs is 1. The van der Waals surface area contributed by atoms with Crippen LogP contribution in [0.1, 0.15) is 39.2 Å². The van der Waals surface area contributed by atoms with Crippen molar-refractivity contribution >= 4 is 28.9 Å². The van der Waals surface area contributed by atoms with Crippen LogP contribution in [0.25, 0.3) is 10.9 Å². The number of carbonyl (C=O) groups is 3. The van der Waals surface area contributed by atoms with E-state index < -0.39 is 35.2 Å². The van der Waals surface area contributed by atoms with Gasteiger partial charge in [0.1, 0.15) is 17.2 Å². The Morgan fingerprint density at radius 2 is 1.90 bits per heavy atom. The summed E-state index contributed by atoms with van der Waals surface area (Å²) in [6.45, 7) is 5.24. The van der Waals surface area contributed by atoms with E-state index in [1.54, 1.807) is 20.8 Å². The van der Waals surface area contributed by atoms with Crippen LogP contribution in [0.2, 0.25) is 0 Å². The lowest BCUT2D eigenvalue weighted by atomic mass is 10.0. The molecule has 29 heavy (non-hydrogen) atoms. The highest BCUT2D eigenvalue weighted by Crippen LogP contribution is 2.36. The molecule has 1 saturated carbocycles. The van der Waals surface area contributed by atoms with Gasteiger partial charge in [-0.15, -0.1) is 0 Å². The molecule has 1 aliphatic rings. The number of benzene rings is 1. The number of ether oxygens (including phenoxy) is 2. The molecule has 1 heterocycles. The highest BCUT2D eigenvalue weighted by Gasteiger charge is 2.53. The minimum atomic E-state index is -1.00. The lowest BCUT2D eigenvalue weighted by Gasteiger charge is -2.24. The number of para-hydroxylation sites is 1. The number of aromatic amines is 1. The van der Waals surface area contributed by atoms with E-state index in [0.717, 1.165) is 16.5 Å². The first-order chi connectivity index (χ1) is 13.6. The van der Waals surface area contributed by atoms with Crippen LogP contribution < -0.4 is 10.6 Å². The molecule has 156 valence electrons. The fraction of sp³-hybridized carbons (Fsp3) is 0.476. The molecule has 1 unspecified atom stereocenters. The van der Waals surface area contributed by atoms with Crippen LogP contribution in [0.3, 0.4) is 0 Å². The van der Waals surface area contributed by atoms with Gasteiger partial charge in [-0.1, -0.05) is 18.2 Å². The molecule has 2 amide bonds. The van der Waals surface area contributed by atoms with Gasteiger partial charge in [0.2, 0.25) is 5.91 Å². The van der Waals surface area contributed by atoms with Gasteiger partial charge in [-0.2, -0.15) is 0 Å². The van der Waals surface area contributed by atoms with E-state index >= 15 is 0 Å². The van der Waals surface area contributed by atoms with E-state index in [9.17, 15) is 14.4 Å². The molecule has 3 rings (SSSR count). The normalized spacial score (nSPS) is 16.0. The summed E-state index contributed by atoms with van der Waals surface area (Å²) in [6, 6.07) is 6.79. The van der Waals surface area contributed by atoms with Crippen molar-refractivity contribution in [2.75, 3.05) is 7.11 Å². The molecule has 0 spiro atoms. The summed E-state index contributed by atoms with van der Waals surface area (Å²) >= 11 is 0. The highest BCUT2D eigenvalue weighted by atomic mass is 16.6. The fourth-order valence-corrected chi connectivity index (χ4v) is 3.20. The van der Waals surface area contributed by atoms with Crippen LogP contribution in [0, 0.1) is 0 Å². The summed E-state index contributed by atoms with van der Waals surface area (Å²) in [6.07, 6.45) is 2.39. The van der Waals surface area contributed by atoms with E-state index in [1.165, 1.54) is 7.11 Å². The molecule has 8 heteroatoms. The van der Waals surface area contributed by atoms with Gasteiger partial charge in [-0.05, 0) is 45.2 Å². The molecular formula is C21H27N3O5. The first kappa shape index (κ1) is 20.7. The van der Waals surface area contributed by atoms with E-state index in [2.05, 4.69) is 15.6 Å². The number of hydrogen-bond acceptors (Lipinski definition) is 5. The second kappa shape index (κ2) is 7.77. The number of methoxy groups -OCH3 is 1. The van der Waals surface area contributed by atoms with Crippen LogP contribution in [-0.4, -0.2) is 47.2 Å². The summed E-state index contributed by atoms with van der Waals surface area (Å²) in [5.41, 5.74) is 0.113. The number of aromatic nitrogens is 1. The number of hydrogen-bond donors (Lipinski definition) is 3. The van der Waals surface area contributed by atoms with Gasteiger partial charge in [0.15, 0.2) is 0 Å². The predicted octanol–water partition coefficient (Wildman–Crippen LogP) is 2.43. The monoisotopic (exact) mass is 401 g/mol. The van der Waals surface area contributed by atoms with Gasteiger partial charge in [0.25, 0.3) is 0 Å². The van der Waals surface area contributed by atoms with Gasteiger partial charge in [-0.3, -0.25) is 4.79 Å². The Bertz CT molecular complexity index is 924. The lowest BCUT2D eigenvalue weighted by molar-refractivity contribution is -0.146. The first-order valence-corrected chi connectivity index (χ1v) is 9.58. The van der Waals surface area contributed by atoms with E-state index in [0.29, 0.717) is 12.8 Å². The minimum absolute atomic E-state index is 0.242. The average molecular weight is 401 g/mol. The number of nitrogens with one attached hydrogen (secondary N) is 3. The molecule has 1 aromatic carbocycles. The van der Waals surface area contributed by atoms with Gasteiger partial charge < -0.3 is 25.1 Å². The van der Waals surface area contributed by atoms with Crippen LogP contribution in [0.4, 0.5) is 4.79 Å². The summed E-state index contributed by atoms with van der Waals surface area (Å²) in [5.74, 6) is -0.932. The lowest BCUT2D eigenvalue weighted by Crippen LogP contribution is -2.54. The zero-order valence-corrected chi connectivity index (χ0v) is 17.1. The molecule has 8 nitrogen and oxygen atoms in total. The molecule has 1 atom stereocenters. The van der Waals surface area contributed by atoms with Crippen molar-refractivity contribution in [3.05, 3.63) is 36.0 Å². The largest absolute Gasteiger partial charge is 0.467 e. The quantitative estimate of drug-likeness (QED) is 0.644. The summed E-state index contributed by atoms with van der Waals surface area (Å²) < 4.78 is 10.1. The van der Waals surface area contributed by atoms with Crippen molar-refractivity contribution in [1.29, 1.82) is 0 Å². The Labute approximate surface area is 169 Å². The Kier molecular flexibility index (Phi) is 5.55. The van der Waals surface area contributed by atoms with Crippen molar-refractivity contribution < 1.29 is 23.9 Å². The third kappa shape index (κ3) is 4.88. The van der Waals surface area contributed by atoms with Gasteiger partial charge >= 0.3 is 12.1 Å². The molecule has 1 fully saturated rings. The maximum atomic E-state index is 13.0. The van der Waals surface area contributed by atoms with Crippen molar-refractivity contribution in [1.82, 2.24) is 15.6 Å². The molecule has 0 radical (unpaired) electrons. The second-order valence-electron chi connectivity index (χ2n) is 8.33. The molecule has 0 bridgehead atoms. The minimum Gasteiger partial charge on any atom is -0.467 e. The van der Waals surface area contributed by atoms with Crippen LogP contribution in [0.15, 0.2) is 30.5 Å². The molecule has 2 aromatic rings. The number of esters is 1. The zero-order chi connectivity index (χ0) is 21.2. The summed E-state index contributed by atoms with van der Waals surface area (Å²) in [4.78, 5) is 40.5. The smallest absolute Gasteiger partial charge is 0.408 e. The summed E-state index contributed by atoms with van der Waals surface area (Å²) in [5, 5.41) is 6.36. The van der Waals surface area contributed by atoms with Crippen molar-refractivity contribution in [3.63, 3.8) is 0 Å². The number of rotatable bonds is 6. The standard InChI is InChI=1S/C21H27N3O5/c1-20(2,3)29-19(27)23-16(17(25)24-21(9-10-21)18(26)28-4)11-13-12-22-15-8-6-5-7-14(13)15/h5-8,12,16,22H,9-11H2,1-4H3,(H,23,27)(H,24,25). The van der Waals surface area contributed by atoms with Crippen molar-refractivity contribution in [2.24, 2.45) is 0 Å². The third-order valence-corrected chi connectivity index (χ3v) is 4.80. The van der Waals surface area contributed by atoms with Gasteiger partial charge in [-0.25, -0.2) is 9.59 Å². The fourth-order valence-electron chi connectivity index (χ4n) is 3.20. The number of alkyl carbamates (subject to hydrolysis) is 1. The van der Waals surface area contributed by atoms with E-state index in [-0.39, 0.29) is 6.42 Å². The Hall–Kier alpha value is -3.03. The maximum absolute atomic E-state index is 13.0. The highest BCUT2D eigenvalue weighted by molar-refractivity contribution is 5.94. The number of carbonyl (C=O) groups excluding carboxylic acids is 3. The molecule has 0 saturated heterocycles. The van der Waals surface area contributed by atoms with Gasteiger partial charge in [0, 0.05) is 23.5 Å². The second-order valence-corrected chi connectivity index (χ2v) is 8.33. The molecular weight excluding hydrogens is 374 g/mol. The Morgan fingerprint density at radius 3 is 2.52 bits per heavy atom. The maximum Gasteiger partial charge on any atom is 0.408 e. The van der Waals surface area contributed by atoms with Crippen molar-refractivity contribution in [3.8, 4) is 0 Å². The number of amides is 2. The van der Waals surface area contributed by atoms with Crippen LogP contribution >= 0.6 is 0 Å². The summed E-state index contributed by atoms with van der Waals surface area (Å²) in [7, 11) is 1.29. The van der Waals surface area contributed by atoms with E-state index in [1.807, 2.05) is 30.5 Å². The van der Waals surface area contributed by atoms with Crippen LogP contribution in [-0.2, 0) is 25.5 Å². The molecule has 1 aromatic heterocycles. The SMILES string of the molecule is COC(=O)C1(NC(=O)C(Cc2c[nH]c3ccccc23)NC(=O)OC(C)(C)C)CC1. The van der Waals surface area contributed by atoms with Crippen LogP contribution in [0.5, 0.6) is 0 Å². The Balaban J connectivity index is 1.80. The average Bonchev–Trinajstić information content (AvgIpc) is 3.32. The molecule has 1 aliphatic carbocycles. The van der Waals surface area contributed by atoms with E-state index in [4.69, 9.17) is 9.47 Å². The zero-order valence-electron chi connectivity index (χ0n) is 17.1. The topological polar surface area (TPSA) is 110 Å². The third-order valence-electron chi connectivity index (χ3n) is 4.80. The van der Waals surface area contributed by atoms with Crippen molar-refractivity contribution in [2.45, 2.75) is 57.2 Å². The molecule has 3 N–H and O–H groups in total. The Morgan fingerprint density at radius 1 is 1.21 bits per heavy atom. The molecule has 0 aliphatic heterocycles. The number of H-pyrrole nitrogens is 1. The predicted molar refractivity (Wildman–Crippen MR) is 107 cm³/mol.